The van der Waals surface area contributed by atoms with Crippen molar-refractivity contribution in [2.45, 2.75) is 58.0 Å². The molecule has 1 N–H and O–H groups in total. The number of hydrogen-bond donors (Lipinski definition) is 1. The minimum atomic E-state index is -4.78. The fourth-order valence-corrected chi connectivity index (χ4v) is 5.31. The Morgan fingerprint density at radius 3 is 2.56 bits per heavy atom. The van der Waals surface area contributed by atoms with Crippen LogP contribution in [0.15, 0.2) is 48.7 Å². The van der Waals surface area contributed by atoms with E-state index < -0.39 is 18.2 Å². The number of alkyl halides is 3. The Morgan fingerprint density at radius 1 is 1.10 bits per heavy atom. The first-order chi connectivity index (χ1) is 18.6. The molecule has 4 aromatic rings. The van der Waals surface area contributed by atoms with Gasteiger partial charge in [-0.05, 0) is 61.2 Å². The maximum Gasteiger partial charge on any atom is 0.573 e. The Kier molecular flexibility index (Phi) is 7.24. The number of benzene rings is 2. The Morgan fingerprint density at radius 2 is 1.87 bits per heavy atom. The molecule has 0 saturated heterocycles. The van der Waals surface area contributed by atoms with Crippen LogP contribution in [-0.4, -0.2) is 36.8 Å². The largest absolute Gasteiger partial charge is 0.573 e. The van der Waals surface area contributed by atoms with E-state index in [0.29, 0.717) is 42.0 Å². The summed E-state index contributed by atoms with van der Waals surface area (Å²) in [5.41, 5.74) is 3.61. The minimum Gasteiger partial charge on any atom is -0.487 e. The van der Waals surface area contributed by atoms with Gasteiger partial charge in [-0.3, -0.25) is 9.48 Å². The van der Waals surface area contributed by atoms with Crippen LogP contribution in [0, 0.1) is 12.8 Å². The van der Waals surface area contributed by atoms with Crippen molar-refractivity contribution in [2.24, 2.45) is 13.0 Å². The van der Waals surface area contributed by atoms with E-state index in [9.17, 15) is 23.1 Å². The zero-order chi connectivity index (χ0) is 27.7. The Labute approximate surface area is 223 Å². The second kappa shape index (κ2) is 10.6. The second-order valence-corrected chi connectivity index (χ2v) is 9.95. The highest BCUT2D eigenvalue weighted by Gasteiger charge is 2.35. The fourth-order valence-electron chi connectivity index (χ4n) is 5.31. The molecule has 206 valence electrons. The molecule has 0 unspecified atom stereocenters. The van der Waals surface area contributed by atoms with E-state index >= 15 is 0 Å². The number of ether oxygens (including phenoxy) is 2. The molecular formula is C28H29F3N4O4. The summed E-state index contributed by atoms with van der Waals surface area (Å²) in [5, 5.41) is 14.3. The quantitative estimate of drug-likeness (QED) is 0.295. The third-order valence-electron chi connectivity index (χ3n) is 7.20. The van der Waals surface area contributed by atoms with Crippen LogP contribution in [0.3, 0.4) is 0 Å². The summed E-state index contributed by atoms with van der Waals surface area (Å²) in [5.74, 6) is -0.711. The van der Waals surface area contributed by atoms with Crippen molar-refractivity contribution < 1.29 is 32.5 Å². The van der Waals surface area contributed by atoms with Crippen molar-refractivity contribution in [3.05, 3.63) is 71.3 Å². The number of rotatable bonds is 8. The average molecular weight is 543 g/mol. The monoisotopic (exact) mass is 542 g/mol. The number of carboxylic acid groups (broad SMARTS) is 1. The number of carbonyl (C=O) groups is 1. The molecule has 0 bridgehead atoms. The number of aryl methyl sites for hydroxylation is 2. The van der Waals surface area contributed by atoms with Crippen LogP contribution in [-0.2, 0) is 25.0 Å². The number of nitrogens with zero attached hydrogens (tertiary/aromatic N) is 4. The van der Waals surface area contributed by atoms with Crippen molar-refractivity contribution in [3.63, 3.8) is 0 Å². The molecular weight excluding hydrogens is 513 g/mol. The third-order valence-corrected chi connectivity index (χ3v) is 7.20. The molecule has 11 heteroatoms. The van der Waals surface area contributed by atoms with Crippen LogP contribution >= 0.6 is 0 Å². The van der Waals surface area contributed by atoms with Crippen LogP contribution in [0.5, 0.6) is 11.5 Å². The van der Waals surface area contributed by atoms with Crippen molar-refractivity contribution in [1.82, 2.24) is 19.3 Å². The number of hydrogen-bond acceptors (Lipinski definition) is 5. The number of carboxylic acids is 1. The minimum absolute atomic E-state index is 0.275. The topological polar surface area (TPSA) is 91.4 Å². The molecule has 0 radical (unpaired) electrons. The van der Waals surface area contributed by atoms with E-state index in [2.05, 4.69) is 9.84 Å². The Hall–Kier alpha value is -4.02. The van der Waals surface area contributed by atoms with E-state index in [1.807, 2.05) is 42.1 Å². The van der Waals surface area contributed by atoms with Gasteiger partial charge in [0.05, 0.1) is 22.6 Å². The first kappa shape index (κ1) is 26.6. The molecule has 2 aromatic carbocycles. The van der Waals surface area contributed by atoms with Gasteiger partial charge in [-0.25, -0.2) is 4.98 Å². The summed E-state index contributed by atoms with van der Waals surface area (Å²) in [6.45, 7) is 2.30. The lowest BCUT2D eigenvalue weighted by Gasteiger charge is -2.28. The van der Waals surface area contributed by atoms with Gasteiger partial charge in [0.25, 0.3) is 0 Å². The summed E-state index contributed by atoms with van der Waals surface area (Å²) in [6, 6.07) is 11.6. The van der Waals surface area contributed by atoms with E-state index in [1.165, 1.54) is 12.1 Å². The van der Waals surface area contributed by atoms with Crippen molar-refractivity contribution in [3.8, 4) is 11.5 Å². The highest BCUT2D eigenvalue weighted by atomic mass is 19.4. The summed E-state index contributed by atoms with van der Waals surface area (Å²) < 4.78 is 51.9. The molecule has 1 fully saturated rings. The zero-order valence-electron chi connectivity index (χ0n) is 21.6. The van der Waals surface area contributed by atoms with Crippen LogP contribution < -0.4 is 9.47 Å². The third kappa shape index (κ3) is 6.02. The number of imidazole rings is 1. The van der Waals surface area contributed by atoms with Crippen LogP contribution in [0.1, 0.15) is 54.2 Å². The molecule has 0 amide bonds. The normalized spacial score (nSPS) is 17.9. The van der Waals surface area contributed by atoms with Gasteiger partial charge in [0.2, 0.25) is 0 Å². The molecule has 8 nitrogen and oxygen atoms in total. The smallest absolute Gasteiger partial charge is 0.487 e. The van der Waals surface area contributed by atoms with Crippen molar-refractivity contribution in [2.75, 3.05) is 0 Å². The predicted octanol–water partition coefficient (Wildman–Crippen LogP) is 5.96. The molecule has 2 aromatic heterocycles. The molecule has 5 rings (SSSR count). The van der Waals surface area contributed by atoms with Crippen molar-refractivity contribution in [1.29, 1.82) is 0 Å². The number of fused-ring (bicyclic) bond motifs is 1. The summed E-state index contributed by atoms with van der Waals surface area (Å²) in [4.78, 5) is 17.0. The maximum atomic E-state index is 12.7. The molecule has 1 aliphatic carbocycles. The lowest BCUT2D eigenvalue weighted by Crippen LogP contribution is -2.28. The first-order valence-corrected chi connectivity index (χ1v) is 12.8. The molecule has 1 aliphatic rings. The Bertz CT molecular complexity index is 1490. The standard InChI is InChI=1S/C28H29F3N4O4/c1-17-13-21(39-28(29,30)31)8-7-18(17)15-35-25-14-20(38-16-19-11-12-34(2)33-19)9-10-24(25)32-26(35)22-5-3-4-6-23(22)27(36)37/h7-14,22-23H,3-6,15-16H2,1-2H3,(H,36,37)/t22-,23+/m1/s1. The second-order valence-electron chi connectivity index (χ2n) is 9.95. The summed E-state index contributed by atoms with van der Waals surface area (Å²) in [7, 11) is 1.83. The van der Waals surface area contributed by atoms with Gasteiger partial charge >= 0.3 is 12.3 Å². The molecule has 39 heavy (non-hydrogen) atoms. The SMILES string of the molecule is Cc1cc(OC(F)(F)F)ccc1Cn1c([C@@H]2CCCC[C@@H]2C(=O)O)nc2ccc(OCc3ccn(C)n3)cc21. The van der Waals surface area contributed by atoms with E-state index in [4.69, 9.17) is 9.72 Å². The van der Waals surface area contributed by atoms with Gasteiger partial charge < -0.3 is 19.1 Å². The highest BCUT2D eigenvalue weighted by Crippen LogP contribution is 2.40. The zero-order valence-corrected chi connectivity index (χ0v) is 21.6. The molecule has 2 atom stereocenters. The summed E-state index contributed by atoms with van der Waals surface area (Å²) in [6.07, 6.45) is 0.0716. The van der Waals surface area contributed by atoms with Gasteiger partial charge in [-0.2, -0.15) is 5.10 Å². The van der Waals surface area contributed by atoms with Crippen LogP contribution in [0.25, 0.3) is 11.0 Å². The predicted molar refractivity (Wildman–Crippen MR) is 137 cm³/mol. The van der Waals surface area contributed by atoms with E-state index in [1.54, 1.807) is 17.7 Å². The number of aromatic nitrogens is 4. The first-order valence-electron chi connectivity index (χ1n) is 12.8. The Balaban J connectivity index is 1.53. The highest BCUT2D eigenvalue weighted by molar-refractivity contribution is 5.79. The lowest BCUT2D eigenvalue weighted by molar-refractivity contribution is -0.274. The van der Waals surface area contributed by atoms with Crippen LogP contribution in [0.4, 0.5) is 13.2 Å². The number of aliphatic carboxylic acids is 1. The van der Waals surface area contributed by atoms with Gasteiger partial charge in [-0.1, -0.05) is 18.9 Å². The van der Waals surface area contributed by atoms with E-state index in [-0.39, 0.29) is 18.3 Å². The van der Waals surface area contributed by atoms with Gasteiger partial charge in [0.1, 0.15) is 23.9 Å². The van der Waals surface area contributed by atoms with Crippen molar-refractivity contribution >= 4 is 17.0 Å². The maximum absolute atomic E-state index is 12.7. The number of halogens is 3. The average Bonchev–Trinajstić information content (AvgIpc) is 3.46. The van der Waals surface area contributed by atoms with Gasteiger partial charge in [0.15, 0.2) is 0 Å². The molecule has 0 aliphatic heterocycles. The molecule has 0 spiro atoms. The molecule has 2 heterocycles. The summed E-state index contributed by atoms with van der Waals surface area (Å²) >= 11 is 0. The van der Waals surface area contributed by atoms with E-state index in [0.717, 1.165) is 29.6 Å². The van der Waals surface area contributed by atoms with Gasteiger partial charge in [-0.15, -0.1) is 13.2 Å². The van der Waals surface area contributed by atoms with Gasteiger partial charge in [0, 0.05) is 31.8 Å². The lowest BCUT2D eigenvalue weighted by atomic mass is 9.78. The molecule has 1 saturated carbocycles. The van der Waals surface area contributed by atoms with Crippen LogP contribution in [0.2, 0.25) is 0 Å². The fraction of sp³-hybridized carbons (Fsp3) is 0.393.